The van der Waals surface area contributed by atoms with Gasteiger partial charge in [0, 0.05) is 24.0 Å². The Morgan fingerprint density at radius 1 is 1.40 bits per heavy atom. The summed E-state index contributed by atoms with van der Waals surface area (Å²) in [5, 5.41) is 5.23. The van der Waals surface area contributed by atoms with Crippen molar-refractivity contribution >= 4 is 22.4 Å². The average molecular weight is 287 g/mol. The summed E-state index contributed by atoms with van der Waals surface area (Å²) in [6, 6.07) is 7.40. The smallest absolute Gasteiger partial charge is 0.228 e. The van der Waals surface area contributed by atoms with Gasteiger partial charge in [0.2, 0.25) is 5.91 Å². The maximum Gasteiger partial charge on any atom is 0.228 e. The minimum absolute atomic E-state index is 0.0879. The Bertz CT molecular complexity index is 610. The van der Waals surface area contributed by atoms with Crippen molar-refractivity contribution in [2.24, 2.45) is 0 Å². The zero-order valence-electron chi connectivity index (χ0n) is 10.6. The van der Waals surface area contributed by atoms with E-state index in [1.807, 2.05) is 46.6 Å². The predicted octanol–water partition coefficient (Wildman–Crippen LogP) is 3.16. The number of hydrogen-bond donors (Lipinski definition) is 1. The highest BCUT2D eigenvalue weighted by molar-refractivity contribution is 7.13. The minimum Gasteiger partial charge on any atom is -0.467 e. The summed E-state index contributed by atoms with van der Waals surface area (Å²) in [5.41, 5.74) is 0. The summed E-state index contributed by atoms with van der Waals surface area (Å²) in [6.07, 6.45) is 7.41. The minimum atomic E-state index is -0.153. The van der Waals surface area contributed by atoms with Crippen LogP contribution in [0.15, 0.2) is 58.9 Å². The Kier molecular flexibility index (Phi) is 3.64. The van der Waals surface area contributed by atoms with Crippen LogP contribution in [0.1, 0.15) is 18.2 Å². The van der Waals surface area contributed by atoms with Crippen molar-refractivity contribution in [2.75, 3.05) is 5.32 Å². The van der Waals surface area contributed by atoms with E-state index in [9.17, 15) is 4.79 Å². The Labute approximate surface area is 119 Å². The van der Waals surface area contributed by atoms with Gasteiger partial charge in [-0.2, -0.15) is 0 Å². The molecule has 0 saturated carbocycles. The van der Waals surface area contributed by atoms with Crippen LogP contribution in [-0.2, 0) is 4.79 Å². The highest BCUT2D eigenvalue weighted by Gasteiger charge is 2.20. The van der Waals surface area contributed by atoms with Gasteiger partial charge in [-0.3, -0.25) is 4.79 Å². The normalized spacial score (nSPS) is 12.2. The zero-order valence-corrected chi connectivity index (χ0v) is 11.4. The molecule has 0 spiro atoms. The van der Waals surface area contributed by atoms with E-state index in [4.69, 9.17) is 4.42 Å². The monoisotopic (exact) mass is 287 g/mol. The van der Waals surface area contributed by atoms with Gasteiger partial charge in [-0.1, -0.05) is 0 Å². The van der Waals surface area contributed by atoms with Crippen molar-refractivity contribution < 1.29 is 9.21 Å². The molecular weight excluding hydrogens is 274 g/mol. The molecule has 3 aromatic heterocycles. The van der Waals surface area contributed by atoms with Crippen molar-refractivity contribution in [3.63, 3.8) is 0 Å². The summed E-state index contributed by atoms with van der Waals surface area (Å²) in [5.74, 6) is 0.672. The van der Waals surface area contributed by atoms with Crippen LogP contribution < -0.4 is 5.32 Å². The van der Waals surface area contributed by atoms with E-state index in [0.717, 1.165) is 5.76 Å². The van der Waals surface area contributed by atoms with Gasteiger partial charge in [0.25, 0.3) is 0 Å². The van der Waals surface area contributed by atoms with Gasteiger partial charge in [-0.15, -0.1) is 11.3 Å². The van der Waals surface area contributed by atoms with E-state index in [-0.39, 0.29) is 11.9 Å². The number of nitrogens with one attached hydrogen (secondary N) is 1. The van der Waals surface area contributed by atoms with Crippen LogP contribution in [0, 0.1) is 0 Å². The van der Waals surface area contributed by atoms with Crippen molar-refractivity contribution in [2.45, 2.75) is 12.5 Å². The maximum absolute atomic E-state index is 12.1. The first-order valence-electron chi connectivity index (χ1n) is 6.18. The zero-order chi connectivity index (χ0) is 13.8. The second-order valence-corrected chi connectivity index (χ2v) is 5.15. The number of hydrogen-bond acceptors (Lipinski definition) is 4. The van der Waals surface area contributed by atoms with Crippen LogP contribution >= 0.6 is 11.3 Å². The summed E-state index contributed by atoms with van der Waals surface area (Å²) < 4.78 is 7.40. The first-order valence-corrected chi connectivity index (χ1v) is 7.06. The summed E-state index contributed by atoms with van der Waals surface area (Å²) in [7, 11) is 0. The highest BCUT2D eigenvalue weighted by Crippen LogP contribution is 2.23. The van der Waals surface area contributed by atoms with Crippen molar-refractivity contribution in [3.05, 3.63) is 60.3 Å². The Morgan fingerprint density at radius 2 is 2.25 bits per heavy atom. The third kappa shape index (κ3) is 2.80. The lowest BCUT2D eigenvalue weighted by Crippen LogP contribution is -2.19. The van der Waals surface area contributed by atoms with Crippen molar-refractivity contribution in [1.29, 1.82) is 0 Å². The number of furan rings is 1. The molecule has 5 nitrogen and oxygen atoms in total. The van der Waals surface area contributed by atoms with Crippen LogP contribution in [0.2, 0.25) is 0 Å². The summed E-state index contributed by atoms with van der Waals surface area (Å²) >= 11 is 1.40. The molecule has 0 bridgehead atoms. The predicted molar refractivity (Wildman–Crippen MR) is 76.6 cm³/mol. The first kappa shape index (κ1) is 12.7. The van der Waals surface area contributed by atoms with E-state index in [1.165, 1.54) is 11.3 Å². The SMILES string of the molecule is O=C(CC(c1ccco1)n1cccc1)Nc1nccs1. The molecule has 1 N–H and O–H groups in total. The fourth-order valence-electron chi connectivity index (χ4n) is 2.02. The standard InChI is InChI=1S/C14H13N3O2S/c18-13(16-14-15-5-9-20-14)10-11(12-4-3-8-19-12)17-6-1-2-7-17/h1-9,11H,10H2,(H,15,16,18). The molecule has 6 heteroatoms. The van der Waals surface area contributed by atoms with Crippen molar-refractivity contribution in [3.8, 4) is 0 Å². The third-order valence-electron chi connectivity index (χ3n) is 2.92. The number of anilines is 1. The van der Waals surface area contributed by atoms with Gasteiger partial charge in [0.1, 0.15) is 5.76 Å². The molecule has 0 fully saturated rings. The number of carbonyl (C=O) groups excluding carboxylic acids is 1. The van der Waals surface area contributed by atoms with E-state index < -0.39 is 0 Å². The fourth-order valence-corrected chi connectivity index (χ4v) is 2.57. The van der Waals surface area contributed by atoms with Crippen LogP contribution in [0.3, 0.4) is 0 Å². The molecule has 0 aliphatic heterocycles. The van der Waals surface area contributed by atoms with E-state index in [2.05, 4.69) is 10.3 Å². The number of aromatic nitrogens is 2. The first-order chi connectivity index (χ1) is 9.83. The van der Waals surface area contributed by atoms with Gasteiger partial charge in [-0.05, 0) is 24.3 Å². The molecule has 3 heterocycles. The number of amides is 1. The third-order valence-corrected chi connectivity index (χ3v) is 3.60. The van der Waals surface area contributed by atoms with Gasteiger partial charge in [0.15, 0.2) is 5.13 Å². The molecule has 1 atom stereocenters. The molecule has 102 valence electrons. The largest absolute Gasteiger partial charge is 0.467 e. The van der Waals surface area contributed by atoms with Gasteiger partial charge >= 0.3 is 0 Å². The lowest BCUT2D eigenvalue weighted by molar-refractivity contribution is -0.116. The number of nitrogens with zero attached hydrogens (tertiary/aromatic N) is 2. The fraction of sp³-hybridized carbons (Fsp3) is 0.143. The van der Waals surface area contributed by atoms with Gasteiger partial charge in [0.05, 0.1) is 18.7 Å². The van der Waals surface area contributed by atoms with Crippen LogP contribution in [0.4, 0.5) is 5.13 Å². The molecule has 1 unspecified atom stereocenters. The van der Waals surface area contributed by atoms with Gasteiger partial charge in [-0.25, -0.2) is 4.98 Å². The summed E-state index contributed by atoms with van der Waals surface area (Å²) in [4.78, 5) is 16.2. The highest BCUT2D eigenvalue weighted by atomic mass is 32.1. The molecule has 3 aromatic rings. The lowest BCUT2D eigenvalue weighted by atomic mass is 10.1. The topological polar surface area (TPSA) is 60.1 Å². The molecule has 0 saturated heterocycles. The number of carbonyl (C=O) groups is 1. The maximum atomic E-state index is 12.1. The molecule has 3 rings (SSSR count). The molecule has 0 aliphatic rings. The van der Waals surface area contributed by atoms with Crippen molar-refractivity contribution in [1.82, 2.24) is 9.55 Å². The van der Waals surface area contributed by atoms with Crippen LogP contribution in [-0.4, -0.2) is 15.5 Å². The number of rotatable bonds is 5. The van der Waals surface area contributed by atoms with E-state index >= 15 is 0 Å². The Morgan fingerprint density at radius 3 is 2.90 bits per heavy atom. The molecule has 0 aliphatic carbocycles. The Balaban J connectivity index is 1.75. The second-order valence-electron chi connectivity index (χ2n) is 4.25. The Hall–Kier alpha value is -2.34. The lowest BCUT2D eigenvalue weighted by Gasteiger charge is -2.16. The molecule has 0 aromatic carbocycles. The molecule has 20 heavy (non-hydrogen) atoms. The van der Waals surface area contributed by atoms with Crippen LogP contribution in [0.25, 0.3) is 0 Å². The number of thiazole rings is 1. The van der Waals surface area contributed by atoms with Gasteiger partial charge < -0.3 is 14.3 Å². The quantitative estimate of drug-likeness (QED) is 0.784. The molecule has 0 radical (unpaired) electrons. The molecular formula is C14H13N3O2S. The average Bonchev–Trinajstić information content (AvgIpc) is 3.18. The summed E-state index contributed by atoms with van der Waals surface area (Å²) in [6.45, 7) is 0. The van der Waals surface area contributed by atoms with Crippen LogP contribution in [0.5, 0.6) is 0 Å². The van der Waals surface area contributed by atoms with E-state index in [0.29, 0.717) is 11.6 Å². The second kappa shape index (κ2) is 5.75. The molecule has 1 amide bonds. The van der Waals surface area contributed by atoms with E-state index in [1.54, 1.807) is 12.5 Å².